The molecule has 1 heterocycles. The molecule has 2 rings (SSSR count). The second kappa shape index (κ2) is 5.92. The van der Waals surface area contributed by atoms with Gasteiger partial charge in [0.1, 0.15) is 12.4 Å². The van der Waals surface area contributed by atoms with E-state index in [2.05, 4.69) is 30.0 Å². The quantitative estimate of drug-likeness (QED) is 0.796. The van der Waals surface area contributed by atoms with Crippen molar-refractivity contribution in [3.05, 3.63) is 23.8 Å². The summed E-state index contributed by atoms with van der Waals surface area (Å²) in [7, 11) is 0. The zero-order valence-electron chi connectivity index (χ0n) is 10.6. The number of rotatable bonds is 5. The molecule has 0 radical (unpaired) electrons. The van der Waals surface area contributed by atoms with E-state index in [1.165, 1.54) is 24.9 Å². The van der Waals surface area contributed by atoms with Crippen molar-refractivity contribution in [2.45, 2.75) is 32.7 Å². The van der Waals surface area contributed by atoms with Gasteiger partial charge in [0.2, 0.25) is 0 Å². The highest BCUT2D eigenvalue weighted by Crippen LogP contribution is 2.32. The van der Waals surface area contributed by atoms with Crippen LogP contribution in [0.25, 0.3) is 0 Å². The zero-order valence-corrected chi connectivity index (χ0v) is 10.6. The fraction of sp³-hybridized carbons (Fsp3) is 0.571. The predicted molar refractivity (Wildman–Crippen MR) is 71.6 cm³/mol. The minimum Gasteiger partial charge on any atom is -0.490 e. The van der Waals surface area contributed by atoms with Crippen molar-refractivity contribution >= 4 is 5.69 Å². The van der Waals surface area contributed by atoms with Crippen LogP contribution in [0.2, 0.25) is 0 Å². The van der Waals surface area contributed by atoms with Crippen molar-refractivity contribution < 1.29 is 4.74 Å². The smallest absolute Gasteiger partial charge is 0.143 e. The van der Waals surface area contributed by atoms with Gasteiger partial charge in [0.25, 0.3) is 0 Å². The largest absolute Gasteiger partial charge is 0.490 e. The van der Waals surface area contributed by atoms with Gasteiger partial charge in [0.15, 0.2) is 0 Å². The van der Waals surface area contributed by atoms with Crippen LogP contribution in [0, 0.1) is 0 Å². The lowest BCUT2D eigenvalue weighted by molar-refractivity contribution is 0.306. The van der Waals surface area contributed by atoms with Crippen molar-refractivity contribution in [2.75, 3.05) is 24.6 Å². The van der Waals surface area contributed by atoms with Crippen molar-refractivity contribution in [3.8, 4) is 5.75 Å². The third-order valence-electron chi connectivity index (χ3n) is 3.25. The Morgan fingerprint density at radius 2 is 2.24 bits per heavy atom. The fourth-order valence-corrected chi connectivity index (χ4v) is 2.23. The standard InChI is InChI=1S/C14H22N2O/c1-2-3-4-7-16-8-9-17-14-10-12(11-15)5-6-13(14)16/h5-6,10H,2-4,7-9,11,15H2,1H3. The number of nitrogens with zero attached hydrogens (tertiary/aromatic N) is 1. The van der Waals surface area contributed by atoms with Crippen molar-refractivity contribution in [3.63, 3.8) is 0 Å². The number of anilines is 1. The summed E-state index contributed by atoms with van der Waals surface area (Å²) in [5.41, 5.74) is 8.01. The molecule has 1 aliphatic heterocycles. The number of fused-ring (bicyclic) bond motifs is 1. The topological polar surface area (TPSA) is 38.5 Å². The third-order valence-corrected chi connectivity index (χ3v) is 3.25. The van der Waals surface area contributed by atoms with Crippen LogP contribution in [0.1, 0.15) is 31.7 Å². The van der Waals surface area contributed by atoms with Gasteiger partial charge in [-0.05, 0) is 24.1 Å². The minimum atomic E-state index is 0.576. The second-order valence-corrected chi connectivity index (χ2v) is 4.55. The Labute approximate surface area is 104 Å². The van der Waals surface area contributed by atoms with Gasteiger partial charge in [-0.25, -0.2) is 0 Å². The number of hydrogen-bond donors (Lipinski definition) is 1. The van der Waals surface area contributed by atoms with Crippen molar-refractivity contribution in [1.29, 1.82) is 0 Å². The van der Waals surface area contributed by atoms with E-state index < -0.39 is 0 Å². The summed E-state index contributed by atoms with van der Waals surface area (Å²) in [6.07, 6.45) is 3.82. The molecule has 94 valence electrons. The van der Waals surface area contributed by atoms with E-state index in [4.69, 9.17) is 10.5 Å². The molecular formula is C14H22N2O. The monoisotopic (exact) mass is 234 g/mol. The molecule has 17 heavy (non-hydrogen) atoms. The van der Waals surface area contributed by atoms with Gasteiger partial charge in [-0.2, -0.15) is 0 Å². The highest BCUT2D eigenvalue weighted by Gasteiger charge is 2.17. The first-order valence-corrected chi connectivity index (χ1v) is 6.56. The van der Waals surface area contributed by atoms with E-state index in [9.17, 15) is 0 Å². The van der Waals surface area contributed by atoms with E-state index in [1.54, 1.807) is 0 Å². The van der Waals surface area contributed by atoms with E-state index in [1.807, 2.05) is 0 Å². The van der Waals surface area contributed by atoms with E-state index >= 15 is 0 Å². The molecule has 3 heteroatoms. The van der Waals surface area contributed by atoms with E-state index in [-0.39, 0.29) is 0 Å². The molecule has 2 N–H and O–H groups in total. The van der Waals surface area contributed by atoms with E-state index in [0.29, 0.717) is 6.54 Å². The molecule has 1 aromatic carbocycles. The lowest BCUT2D eigenvalue weighted by Gasteiger charge is -2.31. The molecule has 0 amide bonds. The summed E-state index contributed by atoms with van der Waals surface area (Å²) in [6, 6.07) is 6.31. The molecular weight excluding hydrogens is 212 g/mol. The molecule has 0 aliphatic carbocycles. The molecule has 0 saturated heterocycles. The fourth-order valence-electron chi connectivity index (χ4n) is 2.23. The molecule has 1 aromatic rings. The number of hydrogen-bond acceptors (Lipinski definition) is 3. The molecule has 0 saturated carbocycles. The molecule has 3 nitrogen and oxygen atoms in total. The van der Waals surface area contributed by atoms with Crippen molar-refractivity contribution in [2.24, 2.45) is 5.73 Å². The first-order valence-electron chi connectivity index (χ1n) is 6.56. The molecule has 0 unspecified atom stereocenters. The zero-order chi connectivity index (χ0) is 12.1. The highest BCUT2D eigenvalue weighted by molar-refractivity contribution is 5.61. The third kappa shape index (κ3) is 2.91. The Morgan fingerprint density at radius 3 is 3.00 bits per heavy atom. The summed E-state index contributed by atoms with van der Waals surface area (Å²) in [4.78, 5) is 2.43. The molecule has 0 aromatic heterocycles. The molecule has 0 fully saturated rings. The first-order chi connectivity index (χ1) is 8.35. The Hall–Kier alpha value is -1.22. The Balaban J connectivity index is 2.08. The molecule has 0 spiro atoms. The van der Waals surface area contributed by atoms with Gasteiger partial charge >= 0.3 is 0 Å². The van der Waals surface area contributed by atoms with Crippen molar-refractivity contribution in [1.82, 2.24) is 0 Å². The van der Waals surface area contributed by atoms with Crippen LogP contribution in [0.5, 0.6) is 5.75 Å². The van der Waals surface area contributed by atoms with Gasteiger partial charge < -0.3 is 15.4 Å². The van der Waals surface area contributed by atoms with Gasteiger partial charge in [0.05, 0.1) is 12.2 Å². The molecule has 0 atom stereocenters. The number of nitrogens with two attached hydrogens (primary N) is 1. The van der Waals surface area contributed by atoms with Crippen LogP contribution in [0.4, 0.5) is 5.69 Å². The maximum absolute atomic E-state index is 5.71. The van der Waals surface area contributed by atoms with Crippen LogP contribution in [-0.2, 0) is 6.54 Å². The summed E-state index contributed by atoms with van der Waals surface area (Å²) >= 11 is 0. The number of ether oxygens (including phenoxy) is 1. The lowest BCUT2D eigenvalue weighted by Crippen LogP contribution is -2.33. The maximum atomic E-state index is 5.71. The SMILES string of the molecule is CCCCCN1CCOc2cc(CN)ccc21. The van der Waals surface area contributed by atoms with Gasteiger partial charge in [-0.3, -0.25) is 0 Å². The number of benzene rings is 1. The van der Waals surface area contributed by atoms with Gasteiger partial charge in [-0.15, -0.1) is 0 Å². The Bertz CT molecular complexity index is 365. The van der Waals surface area contributed by atoms with E-state index in [0.717, 1.165) is 31.0 Å². The van der Waals surface area contributed by atoms with Crippen LogP contribution < -0.4 is 15.4 Å². The molecule has 1 aliphatic rings. The average molecular weight is 234 g/mol. The predicted octanol–water partition coefficient (Wildman–Crippen LogP) is 2.53. The average Bonchev–Trinajstić information content (AvgIpc) is 2.38. The van der Waals surface area contributed by atoms with Crippen LogP contribution >= 0.6 is 0 Å². The van der Waals surface area contributed by atoms with Gasteiger partial charge in [-0.1, -0.05) is 25.8 Å². The Morgan fingerprint density at radius 1 is 1.35 bits per heavy atom. The summed E-state index contributed by atoms with van der Waals surface area (Å²) < 4.78 is 5.71. The lowest BCUT2D eigenvalue weighted by atomic mass is 10.1. The number of unbranched alkanes of at least 4 members (excludes halogenated alkanes) is 2. The summed E-state index contributed by atoms with van der Waals surface area (Å²) in [5.74, 6) is 0.996. The van der Waals surface area contributed by atoms with Crippen LogP contribution in [0.3, 0.4) is 0 Å². The van der Waals surface area contributed by atoms with Crippen LogP contribution in [0.15, 0.2) is 18.2 Å². The second-order valence-electron chi connectivity index (χ2n) is 4.55. The normalized spacial score (nSPS) is 14.4. The maximum Gasteiger partial charge on any atom is 0.143 e. The molecule has 0 bridgehead atoms. The summed E-state index contributed by atoms with van der Waals surface area (Å²) in [6.45, 7) is 5.73. The minimum absolute atomic E-state index is 0.576. The van der Waals surface area contributed by atoms with Gasteiger partial charge in [0, 0.05) is 13.1 Å². The summed E-state index contributed by atoms with van der Waals surface area (Å²) in [5, 5.41) is 0. The Kier molecular flexibility index (Phi) is 4.26. The van der Waals surface area contributed by atoms with Crippen LogP contribution in [-0.4, -0.2) is 19.7 Å². The first kappa shape index (κ1) is 12.2. The highest BCUT2D eigenvalue weighted by atomic mass is 16.5.